The van der Waals surface area contributed by atoms with Crippen LogP contribution < -0.4 is 5.32 Å². The number of nitrogens with one attached hydrogen (secondary N) is 1. The molecule has 0 amide bonds. The lowest BCUT2D eigenvalue weighted by atomic mass is 10.0. The van der Waals surface area contributed by atoms with Crippen LogP contribution in [0.2, 0.25) is 0 Å². The molecule has 1 heterocycles. The normalized spacial score (nSPS) is 17.4. The van der Waals surface area contributed by atoms with E-state index in [1.807, 2.05) is 0 Å². The highest BCUT2D eigenvalue weighted by Gasteiger charge is 2.27. The molecule has 20 heavy (non-hydrogen) atoms. The van der Waals surface area contributed by atoms with Crippen LogP contribution in [0.15, 0.2) is 18.2 Å². The molecule has 1 aromatic carbocycles. The number of morpholine rings is 1. The molecule has 1 fully saturated rings. The Bertz CT molecular complexity index is 416. The fourth-order valence-corrected chi connectivity index (χ4v) is 2.96. The Morgan fingerprint density at radius 3 is 2.30 bits per heavy atom. The summed E-state index contributed by atoms with van der Waals surface area (Å²) >= 11 is 0. The summed E-state index contributed by atoms with van der Waals surface area (Å²) in [5.41, 5.74) is 4.24. The van der Waals surface area contributed by atoms with Crippen LogP contribution in [0.4, 0.5) is 0 Å². The van der Waals surface area contributed by atoms with Crippen LogP contribution in [0.5, 0.6) is 0 Å². The highest BCUT2D eigenvalue weighted by atomic mass is 16.5. The maximum absolute atomic E-state index is 5.43. The molecule has 0 aliphatic carbocycles. The van der Waals surface area contributed by atoms with Crippen LogP contribution in [-0.4, -0.2) is 43.3 Å². The zero-order chi connectivity index (χ0) is 14.6. The Balaban J connectivity index is 1.84. The number of hydrogen-bond donors (Lipinski definition) is 1. The highest BCUT2D eigenvalue weighted by Crippen LogP contribution is 2.15. The van der Waals surface area contributed by atoms with E-state index in [-0.39, 0.29) is 5.54 Å². The molecule has 3 nitrogen and oxygen atoms in total. The standard InChI is InChI=1S/C17H28N2O/c1-14-9-15(2)11-16(10-14)12-18-13-17(3,4)19-5-7-20-8-6-19/h9-11,18H,5-8,12-13H2,1-4H3. The minimum atomic E-state index is 0.183. The van der Waals surface area contributed by atoms with Crippen LogP contribution in [0.25, 0.3) is 0 Å². The van der Waals surface area contributed by atoms with Gasteiger partial charge in [0, 0.05) is 31.7 Å². The molecule has 2 rings (SSSR count). The number of aryl methyl sites for hydroxylation is 2. The van der Waals surface area contributed by atoms with E-state index in [9.17, 15) is 0 Å². The van der Waals surface area contributed by atoms with Gasteiger partial charge in [0.05, 0.1) is 13.2 Å². The Hall–Kier alpha value is -0.900. The predicted molar refractivity (Wildman–Crippen MR) is 84.1 cm³/mol. The van der Waals surface area contributed by atoms with E-state index in [1.54, 1.807) is 0 Å². The number of hydrogen-bond acceptors (Lipinski definition) is 3. The van der Waals surface area contributed by atoms with E-state index < -0.39 is 0 Å². The summed E-state index contributed by atoms with van der Waals surface area (Å²) in [6, 6.07) is 6.75. The lowest BCUT2D eigenvalue weighted by molar-refractivity contribution is -0.00966. The first-order chi connectivity index (χ1) is 9.47. The third-order valence-electron chi connectivity index (χ3n) is 4.04. The molecule has 1 saturated heterocycles. The monoisotopic (exact) mass is 276 g/mol. The molecule has 0 saturated carbocycles. The van der Waals surface area contributed by atoms with Gasteiger partial charge in [-0.3, -0.25) is 4.90 Å². The van der Waals surface area contributed by atoms with Gasteiger partial charge in [-0.2, -0.15) is 0 Å². The van der Waals surface area contributed by atoms with E-state index >= 15 is 0 Å². The molecular formula is C17H28N2O. The van der Waals surface area contributed by atoms with Gasteiger partial charge < -0.3 is 10.1 Å². The summed E-state index contributed by atoms with van der Waals surface area (Å²) in [7, 11) is 0. The summed E-state index contributed by atoms with van der Waals surface area (Å²) in [6.07, 6.45) is 0. The van der Waals surface area contributed by atoms with E-state index in [1.165, 1.54) is 16.7 Å². The molecule has 1 aliphatic rings. The molecule has 0 radical (unpaired) electrons. The van der Waals surface area contributed by atoms with E-state index in [4.69, 9.17) is 4.74 Å². The molecule has 0 bridgehead atoms. The van der Waals surface area contributed by atoms with Crippen LogP contribution in [0.3, 0.4) is 0 Å². The van der Waals surface area contributed by atoms with Crippen molar-refractivity contribution in [1.29, 1.82) is 0 Å². The van der Waals surface area contributed by atoms with Crippen LogP contribution in [0.1, 0.15) is 30.5 Å². The highest BCUT2D eigenvalue weighted by molar-refractivity contribution is 5.28. The zero-order valence-electron chi connectivity index (χ0n) is 13.3. The molecule has 3 heteroatoms. The smallest absolute Gasteiger partial charge is 0.0594 e. The second kappa shape index (κ2) is 6.70. The molecule has 1 aromatic rings. The maximum Gasteiger partial charge on any atom is 0.0594 e. The SMILES string of the molecule is Cc1cc(C)cc(CNCC(C)(C)N2CCOCC2)c1. The first kappa shape index (κ1) is 15.5. The number of nitrogens with zero attached hydrogens (tertiary/aromatic N) is 1. The molecule has 0 unspecified atom stereocenters. The van der Waals surface area contributed by atoms with Crippen molar-refractivity contribution in [2.24, 2.45) is 0 Å². The minimum absolute atomic E-state index is 0.183. The van der Waals surface area contributed by atoms with Gasteiger partial charge in [0.1, 0.15) is 0 Å². The average Bonchev–Trinajstić information content (AvgIpc) is 2.38. The summed E-state index contributed by atoms with van der Waals surface area (Å²) < 4.78 is 5.43. The Labute approximate surface area is 123 Å². The summed E-state index contributed by atoms with van der Waals surface area (Å²) in [6.45, 7) is 14.7. The summed E-state index contributed by atoms with van der Waals surface area (Å²) in [5.74, 6) is 0. The van der Waals surface area contributed by atoms with Crippen molar-refractivity contribution in [2.45, 2.75) is 39.8 Å². The maximum atomic E-state index is 5.43. The summed E-state index contributed by atoms with van der Waals surface area (Å²) in [5, 5.41) is 3.61. The third kappa shape index (κ3) is 4.30. The Morgan fingerprint density at radius 2 is 1.70 bits per heavy atom. The van der Waals surface area contributed by atoms with Gasteiger partial charge in [-0.25, -0.2) is 0 Å². The van der Waals surface area contributed by atoms with Crippen molar-refractivity contribution >= 4 is 0 Å². The van der Waals surface area contributed by atoms with Crippen molar-refractivity contribution < 1.29 is 4.74 Å². The molecule has 1 aliphatic heterocycles. The summed E-state index contributed by atoms with van der Waals surface area (Å²) in [4.78, 5) is 2.52. The fraction of sp³-hybridized carbons (Fsp3) is 0.647. The second-order valence-electron chi connectivity index (χ2n) is 6.51. The van der Waals surface area contributed by atoms with Crippen molar-refractivity contribution in [3.05, 3.63) is 34.9 Å². The number of benzene rings is 1. The van der Waals surface area contributed by atoms with Gasteiger partial charge in [-0.05, 0) is 33.3 Å². The van der Waals surface area contributed by atoms with Gasteiger partial charge in [0.15, 0.2) is 0 Å². The van der Waals surface area contributed by atoms with Gasteiger partial charge in [-0.15, -0.1) is 0 Å². The minimum Gasteiger partial charge on any atom is -0.379 e. The first-order valence-corrected chi connectivity index (χ1v) is 7.58. The zero-order valence-corrected chi connectivity index (χ0v) is 13.3. The Morgan fingerprint density at radius 1 is 1.10 bits per heavy atom. The third-order valence-corrected chi connectivity index (χ3v) is 4.04. The van der Waals surface area contributed by atoms with Gasteiger partial charge >= 0.3 is 0 Å². The van der Waals surface area contributed by atoms with Gasteiger partial charge in [0.25, 0.3) is 0 Å². The molecule has 0 aromatic heterocycles. The van der Waals surface area contributed by atoms with E-state index in [2.05, 4.69) is 56.1 Å². The molecule has 0 spiro atoms. The van der Waals surface area contributed by atoms with Crippen LogP contribution in [-0.2, 0) is 11.3 Å². The lowest BCUT2D eigenvalue weighted by Gasteiger charge is -2.41. The average molecular weight is 276 g/mol. The quantitative estimate of drug-likeness (QED) is 0.894. The van der Waals surface area contributed by atoms with Crippen molar-refractivity contribution in [1.82, 2.24) is 10.2 Å². The topological polar surface area (TPSA) is 24.5 Å². The van der Waals surface area contributed by atoms with Crippen molar-refractivity contribution in [3.63, 3.8) is 0 Å². The van der Waals surface area contributed by atoms with E-state index in [0.717, 1.165) is 39.4 Å². The van der Waals surface area contributed by atoms with Crippen LogP contribution in [0, 0.1) is 13.8 Å². The lowest BCUT2D eigenvalue weighted by Crippen LogP contribution is -2.54. The number of ether oxygens (including phenoxy) is 1. The van der Waals surface area contributed by atoms with Gasteiger partial charge in [-0.1, -0.05) is 29.3 Å². The number of rotatable bonds is 5. The molecule has 112 valence electrons. The molecule has 0 atom stereocenters. The predicted octanol–water partition coefficient (Wildman–Crippen LogP) is 2.50. The molecule has 1 N–H and O–H groups in total. The largest absolute Gasteiger partial charge is 0.379 e. The first-order valence-electron chi connectivity index (χ1n) is 7.58. The second-order valence-corrected chi connectivity index (χ2v) is 6.51. The van der Waals surface area contributed by atoms with E-state index in [0.29, 0.717) is 0 Å². The fourth-order valence-electron chi connectivity index (χ4n) is 2.96. The van der Waals surface area contributed by atoms with Crippen LogP contribution >= 0.6 is 0 Å². The Kier molecular flexibility index (Phi) is 5.19. The molecular weight excluding hydrogens is 248 g/mol. The van der Waals surface area contributed by atoms with Crippen molar-refractivity contribution in [2.75, 3.05) is 32.8 Å². The van der Waals surface area contributed by atoms with Crippen molar-refractivity contribution in [3.8, 4) is 0 Å². The van der Waals surface area contributed by atoms with Gasteiger partial charge in [0.2, 0.25) is 0 Å².